The quantitative estimate of drug-likeness (QED) is 0.453. The van der Waals surface area contributed by atoms with Crippen LogP contribution in [0.4, 0.5) is 0 Å². The predicted octanol–water partition coefficient (Wildman–Crippen LogP) is 3.58. The molecule has 0 amide bonds. The monoisotopic (exact) mass is 376 g/mol. The topological polar surface area (TPSA) is 94.8 Å². The maximum absolute atomic E-state index is 12.0. The first-order valence-corrected chi connectivity index (χ1v) is 9.69. The number of aliphatic hydroxyl groups is 2. The van der Waals surface area contributed by atoms with Crippen molar-refractivity contribution in [2.45, 2.75) is 64.1 Å². The number of rotatable bonds is 12. The van der Waals surface area contributed by atoms with Crippen molar-refractivity contribution in [2.75, 3.05) is 0 Å². The lowest BCUT2D eigenvalue weighted by Gasteiger charge is -2.16. The van der Waals surface area contributed by atoms with Crippen LogP contribution in [0.25, 0.3) is 0 Å². The molecule has 3 N–H and O–H groups in total. The van der Waals surface area contributed by atoms with Crippen LogP contribution in [0.5, 0.6) is 0 Å². The number of carbonyl (C=O) groups excluding carboxylic acids is 1. The van der Waals surface area contributed by atoms with E-state index in [4.69, 9.17) is 5.11 Å². The van der Waals surface area contributed by atoms with Crippen molar-refractivity contribution in [1.29, 1.82) is 0 Å². The van der Waals surface area contributed by atoms with E-state index in [-0.39, 0.29) is 30.5 Å². The van der Waals surface area contributed by atoms with E-state index < -0.39 is 18.2 Å². The van der Waals surface area contributed by atoms with Crippen molar-refractivity contribution in [3.63, 3.8) is 0 Å². The van der Waals surface area contributed by atoms with Gasteiger partial charge in [0.15, 0.2) is 0 Å². The molecule has 0 spiro atoms. The van der Waals surface area contributed by atoms with Crippen LogP contribution in [-0.2, 0) is 9.59 Å². The van der Waals surface area contributed by atoms with Gasteiger partial charge in [-0.1, -0.05) is 55.5 Å². The van der Waals surface area contributed by atoms with Crippen LogP contribution < -0.4 is 0 Å². The van der Waals surface area contributed by atoms with E-state index in [2.05, 4.69) is 0 Å². The average Bonchev–Trinajstić information content (AvgIpc) is 2.90. The Kier molecular flexibility index (Phi) is 11.3. The molecule has 1 aliphatic rings. The van der Waals surface area contributed by atoms with Crippen molar-refractivity contribution in [3.8, 4) is 0 Å². The molecule has 0 aromatic heterocycles. The zero-order valence-electron chi connectivity index (χ0n) is 16.0. The fourth-order valence-electron chi connectivity index (χ4n) is 3.03. The first-order valence-electron chi connectivity index (χ1n) is 9.69. The number of carboxylic acids is 1. The Hall–Kier alpha value is -1.98. The molecule has 0 radical (unpaired) electrons. The van der Waals surface area contributed by atoms with Gasteiger partial charge < -0.3 is 15.3 Å². The first kappa shape index (κ1) is 23.1. The molecular weight excluding hydrogens is 344 g/mol. The van der Waals surface area contributed by atoms with Crippen molar-refractivity contribution in [2.24, 2.45) is 11.8 Å². The second-order valence-electron chi connectivity index (χ2n) is 6.84. The van der Waals surface area contributed by atoms with Crippen LogP contribution in [0, 0.1) is 11.8 Å². The summed E-state index contributed by atoms with van der Waals surface area (Å²) < 4.78 is 0. The number of aliphatic hydroxyl groups excluding tert-OH is 2. The minimum atomic E-state index is -0.784. The average molecular weight is 376 g/mol. The molecule has 1 fully saturated rings. The van der Waals surface area contributed by atoms with Crippen LogP contribution in [0.2, 0.25) is 0 Å². The van der Waals surface area contributed by atoms with Gasteiger partial charge in [0, 0.05) is 24.7 Å². The molecular formula is C22H32O5. The van der Waals surface area contributed by atoms with Crippen molar-refractivity contribution in [3.05, 3.63) is 48.6 Å². The largest absolute Gasteiger partial charge is 0.481 e. The van der Waals surface area contributed by atoms with E-state index in [1.807, 2.05) is 43.4 Å². The molecule has 27 heavy (non-hydrogen) atoms. The maximum Gasteiger partial charge on any atom is 0.303 e. The van der Waals surface area contributed by atoms with E-state index in [9.17, 15) is 19.8 Å². The number of allylic oxidation sites excluding steroid dienone is 7. The highest BCUT2D eigenvalue weighted by Gasteiger charge is 2.39. The smallest absolute Gasteiger partial charge is 0.303 e. The molecule has 0 bridgehead atoms. The Morgan fingerprint density at radius 1 is 1.15 bits per heavy atom. The molecule has 5 heteroatoms. The summed E-state index contributed by atoms with van der Waals surface area (Å²) in [6.07, 6.45) is 17.8. The molecule has 0 aromatic carbocycles. The van der Waals surface area contributed by atoms with Gasteiger partial charge in [0.2, 0.25) is 0 Å². The Balaban J connectivity index is 2.35. The lowest BCUT2D eigenvalue weighted by Crippen LogP contribution is -2.19. The number of Topliss-reactive ketones (excluding diaryl/α,β-unsaturated/α-hetero) is 1. The number of hydrogen-bond acceptors (Lipinski definition) is 4. The summed E-state index contributed by atoms with van der Waals surface area (Å²) >= 11 is 0. The molecule has 1 rings (SSSR count). The lowest BCUT2D eigenvalue weighted by molar-refractivity contribution is -0.136. The third-order valence-electron chi connectivity index (χ3n) is 4.67. The molecule has 150 valence electrons. The van der Waals surface area contributed by atoms with Crippen molar-refractivity contribution >= 4 is 11.8 Å². The van der Waals surface area contributed by atoms with E-state index in [0.29, 0.717) is 19.3 Å². The Morgan fingerprint density at radius 2 is 1.78 bits per heavy atom. The standard InChI is InChI=1S/C22H32O5/c1-2-17(23)14-15-19-18(20(24)16-21(19)25)12-10-8-6-4-3-5-7-9-11-13-22(26)27/h3-4,7-10,14-15,17-20,23-24H,2,5-6,11-13,16H2,1H3,(H,26,27)/b4-3-,9-7-,10-8-,15-14+/t17-,18-,19-,20+/m0/s1. The number of ketones is 1. The Labute approximate surface area is 161 Å². The third kappa shape index (κ3) is 9.50. The summed E-state index contributed by atoms with van der Waals surface area (Å²) in [5.74, 6) is -1.20. The minimum Gasteiger partial charge on any atom is -0.481 e. The number of hydrogen-bond donors (Lipinski definition) is 3. The van der Waals surface area contributed by atoms with Crippen LogP contribution in [-0.4, -0.2) is 39.3 Å². The van der Waals surface area contributed by atoms with Gasteiger partial charge >= 0.3 is 5.97 Å². The van der Waals surface area contributed by atoms with Gasteiger partial charge in [-0.3, -0.25) is 9.59 Å². The summed E-state index contributed by atoms with van der Waals surface area (Å²) in [7, 11) is 0. The molecule has 0 unspecified atom stereocenters. The summed E-state index contributed by atoms with van der Waals surface area (Å²) in [4.78, 5) is 22.4. The highest BCUT2D eigenvalue weighted by molar-refractivity contribution is 5.86. The second-order valence-corrected chi connectivity index (χ2v) is 6.84. The molecule has 0 saturated heterocycles. The summed E-state index contributed by atoms with van der Waals surface area (Å²) in [5.41, 5.74) is 0. The van der Waals surface area contributed by atoms with E-state index >= 15 is 0 Å². The number of aliphatic carboxylic acids is 1. The van der Waals surface area contributed by atoms with E-state index in [0.717, 1.165) is 12.8 Å². The molecule has 4 atom stereocenters. The number of carbonyl (C=O) groups is 2. The van der Waals surface area contributed by atoms with E-state index in [1.165, 1.54) is 0 Å². The number of carboxylic acid groups (broad SMARTS) is 1. The van der Waals surface area contributed by atoms with E-state index in [1.54, 1.807) is 12.2 Å². The van der Waals surface area contributed by atoms with Crippen LogP contribution in [0.3, 0.4) is 0 Å². The Bertz CT molecular complexity index is 573. The highest BCUT2D eigenvalue weighted by Crippen LogP contribution is 2.33. The fraction of sp³-hybridized carbons (Fsp3) is 0.545. The normalized spacial score (nSPS) is 24.9. The SMILES string of the molecule is CC[C@H](O)/C=C/[C@@H]1C(=O)C[C@@H](O)[C@H]1C/C=C\C/C=C\C/C=C\CCC(=O)O. The molecule has 5 nitrogen and oxygen atoms in total. The summed E-state index contributed by atoms with van der Waals surface area (Å²) in [6.45, 7) is 1.87. The first-order chi connectivity index (χ1) is 13.0. The van der Waals surface area contributed by atoms with Crippen LogP contribution in [0.1, 0.15) is 51.9 Å². The van der Waals surface area contributed by atoms with Gasteiger partial charge in [-0.25, -0.2) is 0 Å². The van der Waals surface area contributed by atoms with Crippen molar-refractivity contribution < 1.29 is 24.9 Å². The van der Waals surface area contributed by atoms with Gasteiger partial charge in [-0.15, -0.1) is 0 Å². The molecule has 0 aromatic rings. The zero-order chi connectivity index (χ0) is 20.1. The van der Waals surface area contributed by atoms with Crippen molar-refractivity contribution in [1.82, 2.24) is 0 Å². The lowest BCUT2D eigenvalue weighted by atomic mass is 9.90. The predicted molar refractivity (Wildman–Crippen MR) is 106 cm³/mol. The maximum atomic E-state index is 12.0. The van der Waals surface area contributed by atoms with Gasteiger partial charge in [0.25, 0.3) is 0 Å². The van der Waals surface area contributed by atoms with Gasteiger partial charge in [0.05, 0.1) is 12.2 Å². The summed E-state index contributed by atoms with van der Waals surface area (Å²) in [6, 6.07) is 0. The zero-order valence-corrected chi connectivity index (χ0v) is 16.0. The highest BCUT2D eigenvalue weighted by atomic mass is 16.4. The third-order valence-corrected chi connectivity index (χ3v) is 4.67. The van der Waals surface area contributed by atoms with Gasteiger partial charge in [0.1, 0.15) is 5.78 Å². The van der Waals surface area contributed by atoms with Gasteiger partial charge in [-0.05, 0) is 32.1 Å². The fourth-order valence-corrected chi connectivity index (χ4v) is 3.03. The van der Waals surface area contributed by atoms with Gasteiger partial charge in [-0.2, -0.15) is 0 Å². The Morgan fingerprint density at radius 3 is 2.41 bits per heavy atom. The van der Waals surface area contributed by atoms with Crippen LogP contribution in [0.15, 0.2) is 48.6 Å². The molecule has 0 heterocycles. The second kappa shape index (κ2) is 13.2. The summed E-state index contributed by atoms with van der Waals surface area (Å²) in [5, 5.41) is 28.3. The molecule has 1 aliphatic carbocycles. The molecule has 1 saturated carbocycles. The van der Waals surface area contributed by atoms with Crippen LogP contribution >= 0.6 is 0 Å². The minimum absolute atomic E-state index is 0.0371. The molecule has 0 aliphatic heterocycles.